The highest BCUT2D eigenvalue weighted by Gasteiger charge is 2.31. The van der Waals surface area contributed by atoms with Crippen LogP contribution >= 0.6 is 0 Å². The predicted molar refractivity (Wildman–Crippen MR) is 84.5 cm³/mol. The van der Waals surface area contributed by atoms with Crippen LogP contribution < -0.4 is 5.32 Å². The Morgan fingerprint density at radius 2 is 2.00 bits per heavy atom. The first-order valence-electron chi connectivity index (χ1n) is 7.94. The number of amides is 2. The number of rotatable bonds is 3. The molecule has 1 N–H and O–H groups in total. The van der Waals surface area contributed by atoms with E-state index in [1.165, 1.54) is 0 Å². The van der Waals surface area contributed by atoms with E-state index in [1.807, 2.05) is 36.4 Å². The zero-order chi connectivity index (χ0) is 15.8. The molecule has 6 nitrogen and oxygen atoms in total. The van der Waals surface area contributed by atoms with Gasteiger partial charge >= 0.3 is 0 Å². The number of nitrogens with zero attached hydrogens (tertiary/aromatic N) is 3. The lowest BCUT2D eigenvalue weighted by molar-refractivity contribution is -0.123. The van der Waals surface area contributed by atoms with Crippen LogP contribution in [0.5, 0.6) is 0 Å². The van der Waals surface area contributed by atoms with Gasteiger partial charge in [-0.25, -0.2) is 4.68 Å². The molecule has 0 spiro atoms. The summed E-state index contributed by atoms with van der Waals surface area (Å²) in [5.74, 6) is 0.220. The van der Waals surface area contributed by atoms with Crippen molar-refractivity contribution in [2.45, 2.75) is 18.8 Å². The van der Waals surface area contributed by atoms with Crippen LogP contribution in [0, 0.1) is 0 Å². The Morgan fingerprint density at radius 1 is 1.22 bits per heavy atom. The van der Waals surface area contributed by atoms with Gasteiger partial charge in [0, 0.05) is 19.0 Å². The van der Waals surface area contributed by atoms with Gasteiger partial charge in [0.1, 0.15) is 5.69 Å². The molecule has 1 saturated heterocycles. The van der Waals surface area contributed by atoms with Gasteiger partial charge in [-0.2, -0.15) is 5.10 Å². The van der Waals surface area contributed by atoms with E-state index in [1.54, 1.807) is 9.58 Å². The van der Waals surface area contributed by atoms with E-state index in [2.05, 4.69) is 10.4 Å². The normalized spacial score (nSPS) is 17.9. The fourth-order valence-corrected chi connectivity index (χ4v) is 2.87. The van der Waals surface area contributed by atoms with Gasteiger partial charge in [0.2, 0.25) is 5.91 Å². The van der Waals surface area contributed by atoms with Crippen LogP contribution in [0.1, 0.15) is 34.9 Å². The Bertz CT molecular complexity index is 749. The molecule has 1 aromatic carbocycles. The first-order chi connectivity index (χ1) is 11.2. The van der Waals surface area contributed by atoms with E-state index in [9.17, 15) is 9.59 Å². The summed E-state index contributed by atoms with van der Waals surface area (Å²) >= 11 is 0. The average molecular weight is 310 g/mol. The van der Waals surface area contributed by atoms with Crippen molar-refractivity contribution in [3.63, 3.8) is 0 Å². The van der Waals surface area contributed by atoms with Crippen molar-refractivity contribution < 1.29 is 9.59 Å². The molecule has 2 aromatic rings. The molecule has 1 aliphatic carbocycles. The predicted octanol–water partition coefficient (Wildman–Crippen LogP) is 1.32. The average Bonchev–Trinajstić information content (AvgIpc) is 3.34. The fraction of sp³-hybridized carbons (Fsp3) is 0.353. The van der Waals surface area contributed by atoms with Crippen LogP contribution in [0.15, 0.2) is 36.4 Å². The SMILES string of the molecule is O=C1CN(C(=O)c2cc(C3CC3)nn2-c2ccccc2)CCN1. The number of nitrogens with one attached hydrogen (secondary N) is 1. The molecule has 2 aliphatic rings. The minimum Gasteiger partial charge on any atom is -0.353 e. The van der Waals surface area contributed by atoms with Gasteiger partial charge in [0.25, 0.3) is 5.91 Å². The maximum atomic E-state index is 12.9. The molecule has 0 radical (unpaired) electrons. The first-order valence-corrected chi connectivity index (χ1v) is 7.94. The van der Waals surface area contributed by atoms with Crippen LogP contribution in [0.2, 0.25) is 0 Å². The summed E-state index contributed by atoms with van der Waals surface area (Å²) in [6.07, 6.45) is 2.26. The largest absolute Gasteiger partial charge is 0.353 e. The molecule has 2 heterocycles. The Balaban J connectivity index is 1.71. The van der Waals surface area contributed by atoms with Gasteiger partial charge < -0.3 is 10.2 Å². The van der Waals surface area contributed by atoms with Gasteiger partial charge in [-0.05, 0) is 31.0 Å². The summed E-state index contributed by atoms with van der Waals surface area (Å²) in [6.45, 7) is 1.14. The van der Waals surface area contributed by atoms with Gasteiger partial charge in [-0.15, -0.1) is 0 Å². The van der Waals surface area contributed by atoms with Gasteiger partial charge in [-0.1, -0.05) is 18.2 Å². The number of hydrogen-bond donors (Lipinski definition) is 1. The molecule has 1 aliphatic heterocycles. The summed E-state index contributed by atoms with van der Waals surface area (Å²) in [6, 6.07) is 11.5. The van der Waals surface area contributed by atoms with Crippen LogP contribution in [0.4, 0.5) is 0 Å². The second-order valence-corrected chi connectivity index (χ2v) is 6.05. The topological polar surface area (TPSA) is 67.2 Å². The summed E-state index contributed by atoms with van der Waals surface area (Å²) in [4.78, 5) is 26.0. The molecule has 2 fully saturated rings. The van der Waals surface area contributed by atoms with Crippen molar-refractivity contribution in [2.75, 3.05) is 19.6 Å². The monoisotopic (exact) mass is 310 g/mol. The lowest BCUT2D eigenvalue weighted by Gasteiger charge is -2.26. The molecule has 0 unspecified atom stereocenters. The quantitative estimate of drug-likeness (QED) is 0.930. The zero-order valence-electron chi connectivity index (χ0n) is 12.7. The number of para-hydroxylation sites is 1. The minimum atomic E-state index is -0.136. The van der Waals surface area contributed by atoms with Crippen LogP contribution in [-0.2, 0) is 4.79 Å². The molecule has 4 rings (SSSR count). The standard InChI is InChI=1S/C17H18N4O2/c22-16-11-20(9-8-18-16)17(23)15-10-14(12-6-7-12)19-21(15)13-4-2-1-3-5-13/h1-5,10,12H,6-9,11H2,(H,18,22). The Morgan fingerprint density at radius 3 is 2.70 bits per heavy atom. The second kappa shape index (κ2) is 5.53. The highest BCUT2D eigenvalue weighted by atomic mass is 16.2. The first kappa shape index (κ1) is 14.0. The van der Waals surface area contributed by atoms with Crippen molar-refractivity contribution in [3.05, 3.63) is 47.8 Å². The molecule has 0 atom stereocenters. The molecule has 6 heteroatoms. The van der Waals surface area contributed by atoms with Crippen molar-refractivity contribution in [1.82, 2.24) is 20.0 Å². The zero-order valence-corrected chi connectivity index (χ0v) is 12.7. The molecule has 0 bridgehead atoms. The second-order valence-electron chi connectivity index (χ2n) is 6.05. The van der Waals surface area contributed by atoms with Gasteiger partial charge in [0.15, 0.2) is 0 Å². The van der Waals surface area contributed by atoms with E-state index in [-0.39, 0.29) is 18.4 Å². The highest BCUT2D eigenvalue weighted by Crippen LogP contribution is 2.39. The smallest absolute Gasteiger partial charge is 0.273 e. The molecule has 1 saturated carbocycles. The molecular formula is C17H18N4O2. The molecule has 2 amide bonds. The fourth-order valence-electron chi connectivity index (χ4n) is 2.87. The van der Waals surface area contributed by atoms with Crippen LogP contribution in [0.25, 0.3) is 5.69 Å². The van der Waals surface area contributed by atoms with E-state index >= 15 is 0 Å². The maximum Gasteiger partial charge on any atom is 0.273 e. The van der Waals surface area contributed by atoms with Crippen molar-refractivity contribution in [1.29, 1.82) is 0 Å². The summed E-state index contributed by atoms with van der Waals surface area (Å²) in [7, 11) is 0. The molecule has 1 aromatic heterocycles. The molecular weight excluding hydrogens is 292 g/mol. The van der Waals surface area contributed by atoms with Crippen LogP contribution in [0.3, 0.4) is 0 Å². The Labute approximate surface area is 134 Å². The third kappa shape index (κ3) is 2.72. The lowest BCUT2D eigenvalue weighted by Crippen LogP contribution is -2.50. The van der Waals surface area contributed by atoms with Gasteiger partial charge in [0.05, 0.1) is 17.9 Å². The number of carbonyl (C=O) groups excluding carboxylic acids is 2. The highest BCUT2D eigenvalue weighted by molar-refractivity contribution is 5.96. The minimum absolute atomic E-state index is 0.109. The third-order valence-electron chi connectivity index (χ3n) is 4.27. The summed E-state index contributed by atoms with van der Waals surface area (Å²) in [5, 5.41) is 7.39. The number of benzene rings is 1. The number of hydrogen-bond acceptors (Lipinski definition) is 3. The molecule has 23 heavy (non-hydrogen) atoms. The van der Waals surface area contributed by atoms with Gasteiger partial charge in [-0.3, -0.25) is 9.59 Å². The van der Waals surface area contributed by atoms with Crippen LogP contribution in [-0.4, -0.2) is 46.1 Å². The molecule has 118 valence electrons. The number of aromatic nitrogens is 2. The lowest BCUT2D eigenvalue weighted by atomic mass is 10.2. The summed E-state index contributed by atoms with van der Waals surface area (Å²) < 4.78 is 1.71. The van der Waals surface area contributed by atoms with E-state index in [0.29, 0.717) is 24.7 Å². The third-order valence-corrected chi connectivity index (χ3v) is 4.27. The maximum absolute atomic E-state index is 12.9. The van der Waals surface area contributed by atoms with E-state index in [4.69, 9.17) is 0 Å². The summed E-state index contributed by atoms with van der Waals surface area (Å²) in [5.41, 5.74) is 2.37. The van der Waals surface area contributed by atoms with Crippen molar-refractivity contribution >= 4 is 11.8 Å². The number of carbonyl (C=O) groups is 2. The van der Waals surface area contributed by atoms with Crippen molar-refractivity contribution in [3.8, 4) is 5.69 Å². The Hall–Kier alpha value is -2.63. The number of piperazine rings is 1. The van der Waals surface area contributed by atoms with E-state index in [0.717, 1.165) is 24.2 Å². The Kier molecular flexibility index (Phi) is 3.37. The van der Waals surface area contributed by atoms with Crippen molar-refractivity contribution in [2.24, 2.45) is 0 Å². The van der Waals surface area contributed by atoms with E-state index < -0.39 is 0 Å².